The third kappa shape index (κ3) is 2.37. The van der Waals surface area contributed by atoms with Gasteiger partial charge in [-0.25, -0.2) is 0 Å². The second kappa shape index (κ2) is 4.19. The first kappa shape index (κ1) is 10.8. The lowest BCUT2D eigenvalue weighted by Gasteiger charge is -2.22. The zero-order valence-electron chi connectivity index (χ0n) is 9.72. The van der Waals surface area contributed by atoms with E-state index in [-0.39, 0.29) is 0 Å². The van der Waals surface area contributed by atoms with Crippen LogP contribution >= 0.6 is 11.5 Å². The lowest BCUT2D eigenvalue weighted by Crippen LogP contribution is -2.27. The Morgan fingerprint density at radius 3 is 2.35 bits per heavy atom. The number of nitriles is 1. The lowest BCUT2D eigenvalue weighted by molar-refractivity contribution is 0.683. The van der Waals surface area contributed by atoms with Crippen LogP contribution in [0, 0.1) is 23.2 Å². The van der Waals surface area contributed by atoms with E-state index in [2.05, 4.69) is 15.3 Å². The first-order chi connectivity index (χ1) is 8.28. The van der Waals surface area contributed by atoms with Gasteiger partial charge in [-0.05, 0) is 49.1 Å². The largest absolute Gasteiger partial charge is 0.382 e. The van der Waals surface area contributed by atoms with Crippen LogP contribution < -0.4 is 10.6 Å². The second-order valence-corrected chi connectivity index (χ2v) is 5.90. The summed E-state index contributed by atoms with van der Waals surface area (Å²) in [5, 5.41) is 10.1. The molecule has 1 aromatic rings. The quantitative estimate of drug-likeness (QED) is 0.867. The topological polar surface area (TPSA) is 65.9 Å². The fourth-order valence-electron chi connectivity index (χ4n) is 2.08. The van der Waals surface area contributed by atoms with E-state index in [1.807, 2.05) is 0 Å². The monoisotopic (exact) mass is 248 g/mol. The van der Waals surface area contributed by atoms with Crippen LogP contribution in [-0.2, 0) is 0 Å². The molecule has 0 radical (unpaired) electrons. The molecular formula is C12H16N4S. The summed E-state index contributed by atoms with van der Waals surface area (Å²) in [5.41, 5.74) is 6.31. The van der Waals surface area contributed by atoms with Crippen LogP contribution in [0.3, 0.4) is 0 Å². The smallest absolute Gasteiger partial charge is 0.157 e. The first-order valence-corrected chi connectivity index (χ1v) is 6.95. The average Bonchev–Trinajstić information content (AvgIpc) is 3.21. The Kier molecular flexibility index (Phi) is 2.67. The number of hydrogen-bond donors (Lipinski definition) is 1. The number of nitrogen functional groups attached to an aromatic ring is 1. The molecule has 0 atom stereocenters. The van der Waals surface area contributed by atoms with Gasteiger partial charge in [0.15, 0.2) is 5.82 Å². The molecule has 3 rings (SSSR count). The average molecular weight is 248 g/mol. The standard InChI is InChI=1S/C12H16N4S/c13-5-10-11(14)15-17-12(10)16(6-8-1-2-8)7-9-3-4-9/h8-9H,1-4,6-7H2,(H2,14,15). The first-order valence-electron chi connectivity index (χ1n) is 6.18. The van der Waals surface area contributed by atoms with Gasteiger partial charge in [0.05, 0.1) is 0 Å². The Bertz CT molecular complexity index is 440. The minimum Gasteiger partial charge on any atom is -0.382 e. The molecule has 0 bridgehead atoms. The maximum atomic E-state index is 9.15. The molecule has 2 fully saturated rings. The Morgan fingerprint density at radius 1 is 1.29 bits per heavy atom. The minimum atomic E-state index is 0.393. The Hall–Kier alpha value is -1.28. The molecule has 2 N–H and O–H groups in total. The molecule has 1 heterocycles. The number of nitrogens with zero attached hydrogens (tertiary/aromatic N) is 3. The van der Waals surface area contributed by atoms with E-state index in [1.54, 1.807) is 0 Å². The van der Waals surface area contributed by atoms with Gasteiger partial charge in [0.25, 0.3) is 0 Å². The molecule has 2 aliphatic carbocycles. The number of rotatable bonds is 5. The van der Waals surface area contributed by atoms with Crippen molar-refractivity contribution in [3.63, 3.8) is 0 Å². The van der Waals surface area contributed by atoms with Crippen LogP contribution in [0.4, 0.5) is 10.8 Å². The van der Waals surface area contributed by atoms with Crippen molar-refractivity contribution in [1.29, 1.82) is 5.26 Å². The summed E-state index contributed by atoms with van der Waals surface area (Å²) in [7, 11) is 0. The summed E-state index contributed by atoms with van der Waals surface area (Å²) < 4.78 is 4.12. The van der Waals surface area contributed by atoms with E-state index in [0.29, 0.717) is 11.4 Å². The summed E-state index contributed by atoms with van der Waals surface area (Å²) in [6, 6.07) is 2.19. The predicted molar refractivity (Wildman–Crippen MR) is 68.9 cm³/mol. The molecule has 17 heavy (non-hydrogen) atoms. The number of hydrogen-bond acceptors (Lipinski definition) is 5. The number of nitrogens with two attached hydrogens (primary N) is 1. The van der Waals surface area contributed by atoms with E-state index in [0.717, 1.165) is 29.9 Å². The Morgan fingerprint density at radius 2 is 1.88 bits per heavy atom. The van der Waals surface area contributed by atoms with E-state index in [9.17, 15) is 0 Å². The molecule has 5 heteroatoms. The summed E-state index contributed by atoms with van der Waals surface area (Å²) >= 11 is 1.38. The second-order valence-electron chi connectivity index (χ2n) is 5.15. The fourth-order valence-corrected chi connectivity index (χ4v) is 2.86. The Balaban J connectivity index is 1.81. The molecule has 90 valence electrons. The maximum Gasteiger partial charge on any atom is 0.157 e. The highest BCUT2D eigenvalue weighted by atomic mass is 32.1. The zero-order valence-corrected chi connectivity index (χ0v) is 10.5. The summed E-state index contributed by atoms with van der Waals surface area (Å²) in [4.78, 5) is 2.35. The van der Waals surface area contributed by atoms with Crippen LogP contribution in [-0.4, -0.2) is 17.5 Å². The third-order valence-corrected chi connectivity index (χ3v) is 4.37. The van der Waals surface area contributed by atoms with E-state index >= 15 is 0 Å². The molecule has 0 saturated heterocycles. The molecule has 0 aliphatic heterocycles. The van der Waals surface area contributed by atoms with Gasteiger partial charge in [0.2, 0.25) is 0 Å². The highest BCUT2D eigenvalue weighted by Gasteiger charge is 2.31. The van der Waals surface area contributed by atoms with Crippen LogP contribution in [0.15, 0.2) is 0 Å². The maximum absolute atomic E-state index is 9.15. The van der Waals surface area contributed by atoms with E-state index < -0.39 is 0 Å². The zero-order chi connectivity index (χ0) is 11.8. The Labute approximate surface area is 105 Å². The van der Waals surface area contributed by atoms with Gasteiger partial charge in [-0.3, -0.25) is 0 Å². The van der Waals surface area contributed by atoms with Crippen molar-refractivity contribution in [2.45, 2.75) is 25.7 Å². The fraction of sp³-hybridized carbons (Fsp3) is 0.667. The molecule has 0 unspecified atom stereocenters. The van der Waals surface area contributed by atoms with Crippen molar-refractivity contribution in [3.05, 3.63) is 5.56 Å². The van der Waals surface area contributed by atoms with Gasteiger partial charge < -0.3 is 10.6 Å². The molecule has 2 saturated carbocycles. The summed E-state index contributed by atoms with van der Waals surface area (Å²) in [6.07, 6.45) is 5.32. The molecule has 0 spiro atoms. The molecule has 2 aliphatic rings. The van der Waals surface area contributed by atoms with Crippen molar-refractivity contribution >= 4 is 22.4 Å². The van der Waals surface area contributed by atoms with Crippen LogP contribution in [0.25, 0.3) is 0 Å². The van der Waals surface area contributed by atoms with Crippen LogP contribution in [0.2, 0.25) is 0 Å². The van der Waals surface area contributed by atoms with Gasteiger partial charge in [-0.1, -0.05) is 0 Å². The SMILES string of the molecule is N#Cc1c(N)nsc1N(CC1CC1)CC1CC1. The third-order valence-electron chi connectivity index (χ3n) is 3.45. The van der Waals surface area contributed by atoms with Crippen molar-refractivity contribution in [3.8, 4) is 6.07 Å². The highest BCUT2D eigenvalue weighted by Crippen LogP contribution is 2.39. The summed E-state index contributed by atoms with van der Waals surface area (Å²) in [5.74, 6) is 2.04. The lowest BCUT2D eigenvalue weighted by atomic mass is 10.2. The highest BCUT2D eigenvalue weighted by molar-refractivity contribution is 7.10. The van der Waals surface area contributed by atoms with Crippen molar-refractivity contribution in [2.75, 3.05) is 23.7 Å². The van der Waals surface area contributed by atoms with Gasteiger partial charge in [0.1, 0.15) is 16.6 Å². The molecule has 0 aromatic carbocycles. The predicted octanol–water partition coefficient (Wildman–Crippen LogP) is 2.22. The van der Waals surface area contributed by atoms with E-state index in [4.69, 9.17) is 11.0 Å². The normalized spacial score (nSPS) is 19.0. The van der Waals surface area contributed by atoms with Gasteiger partial charge in [0, 0.05) is 13.1 Å². The van der Waals surface area contributed by atoms with Gasteiger partial charge in [-0.2, -0.15) is 9.64 Å². The van der Waals surface area contributed by atoms with Gasteiger partial charge in [-0.15, -0.1) is 0 Å². The summed E-state index contributed by atoms with van der Waals surface area (Å²) in [6.45, 7) is 2.15. The minimum absolute atomic E-state index is 0.393. The van der Waals surface area contributed by atoms with E-state index in [1.165, 1.54) is 37.2 Å². The van der Waals surface area contributed by atoms with Crippen molar-refractivity contribution < 1.29 is 0 Å². The molecule has 1 aromatic heterocycles. The molecular weight excluding hydrogens is 232 g/mol. The number of aromatic nitrogens is 1. The molecule has 0 amide bonds. The van der Waals surface area contributed by atoms with Gasteiger partial charge >= 0.3 is 0 Å². The number of anilines is 2. The molecule has 4 nitrogen and oxygen atoms in total. The van der Waals surface area contributed by atoms with Crippen molar-refractivity contribution in [2.24, 2.45) is 11.8 Å². The van der Waals surface area contributed by atoms with Crippen LogP contribution in [0.5, 0.6) is 0 Å². The van der Waals surface area contributed by atoms with Crippen molar-refractivity contribution in [1.82, 2.24) is 4.37 Å². The van der Waals surface area contributed by atoms with Crippen LogP contribution in [0.1, 0.15) is 31.2 Å².